The third-order valence-corrected chi connectivity index (χ3v) is 5.54. The molecule has 10 nitrogen and oxygen atoms in total. The van der Waals surface area contributed by atoms with Crippen LogP contribution in [0.2, 0.25) is 0 Å². The lowest BCUT2D eigenvalue weighted by atomic mass is 10.1. The van der Waals surface area contributed by atoms with E-state index in [1.165, 1.54) is 0 Å². The molecule has 0 aliphatic carbocycles. The molecule has 0 atom stereocenters. The van der Waals surface area contributed by atoms with Gasteiger partial charge in [0.25, 0.3) is 5.91 Å². The SMILES string of the molecule is CNC(=O)c1cc(Oc2ccc(NC)cc2)ccn1.Cc1ccc(C=O)cc1C#Cc1ccc(C(N)=NC=N)nc1. The van der Waals surface area contributed by atoms with Gasteiger partial charge in [-0.3, -0.25) is 25.0 Å². The number of aldehydes is 1. The van der Waals surface area contributed by atoms with Gasteiger partial charge in [0.05, 0.1) is 0 Å². The van der Waals surface area contributed by atoms with Gasteiger partial charge in [-0.15, -0.1) is 0 Å². The molecule has 0 fully saturated rings. The average molecular weight is 548 g/mol. The summed E-state index contributed by atoms with van der Waals surface area (Å²) in [6.45, 7) is 1.94. The van der Waals surface area contributed by atoms with E-state index in [-0.39, 0.29) is 11.7 Å². The third-order valence-electron chi connectivity index (χ3n) is 5.54. The van der Waals surface area contributed by atoms with Crippen molar-refractivity contribution < 1.29 is 14.3 Å². The van der Waals surface area contributed by atoms with Crippen molar-refractivity contribution >= 4 is 30.1 Å². The van der Waals surface area contributed by atoms with E-state index < -0.39 is 0 Å². The zero-order valence-corrected chi connectivity index (χ0v) is 22.8. The lowest BCUT2D eigenvalue weighted by Gasteiger charge is -2.07. The van der Waals surface area contributed by atoms with Crippen LogP contribution in [0.25, 0.3) is 0 Å². The smallest absolute Gasteiger partial charge is 0.269 e. The summed E-state index contributed by atoms with van der Waals surface area (Å²) in [6.07, 6.45) is 4.80. The van der Waals surface area contributed by atoms with Crippen molar-refractivity contribution in [2.75, 3.05) is 19.4 Å². The van der Waals surface area contributed by atoms with Crippen LogP contribution in [0.3, 0.4) is 0 Å². The second-order valence-corrected chi connectivity index (χ2v) is 8.35. The summed E-state index contributed by atoms with van der Waals surface area (Å²) < 4.78 is 5.67. The topological polar surface area (TPSA) is 155 Å². The number of rotatable bonds is 7. The van der Waals surface area contributed by atoms with Gasteiger partial charge < -0.3 is 21.1 Å². The summed E-state index contributed by atoms with van der Waals surface area (Å²) in [5, 5.41) is 12.4. The number of hydrogen-bond acceptors (Lipinski definition) is 7. The second-order valence-electron chi connectivity index (χ2n) is 8.35. The Bertz CT molecular complexity index is 1600. The molecule has 0 saturated carbocycles. The Balaban J connectivity index is 0.000000228. The summed E-state index contributed by atoms with van der Waals surface area (Å²) >= 11 is 0. The van der Waals surface area contributed by atoms with Crippen molar-refractivity contribution in [1.82, 2.24) is 15.3 Å². The number of nitrogens with two attached hydrogens (primary N) is 1. The van der Waals surface area contributed by atoms with Crippen molar-refractivity contribution in [3.8, 4) is 23.3 Å². The molecule has 0 saturated heterocycles. The number of aromatic nitrogens is 2. The predicted molar refractivity (Wildman–Crippen MR) is 160 cm³/mol. The Morgan fingerprint density at radius 1 is 0.976 bits per heavy atom. The largest absolute Gasteiger partial charge is 0.457 e. The molecule has 0 radical (unpaired) electrons. The minimum absolute atomic E-state index is 0.184. The molecule has 2 aromatic carbocycles. The molecule has 0 unspecified atom stereocenters. The Kier molecular flexibility index (Phi) is 10.8. The number of nitrogens with zero attached hydrogens (tertiary/aromatic N) is 3. The highest BCUT2D eigenvalue weighted by molar-refractivity contribution is 5.99. The lowest BCUT2D eigenvalue weighted by Crippen LogP contribution is -2.18. The van der Waals surface area contributed by atoms with E-state index in [0.717, 1.165) is 35.0 Å². The summed E-state index contributed by atoms with van der Waals surface area (Å²) in [7, 11) is 3.42. The van der Waals surface area contributed by atoms with Crippen LogP contribution in [-0.2, 0) is 0 Å². The molecule has 4 rings (SSSR count). The number of aliphatic imine (C=N–C) groups is 1. The highest BCUT2D eigenvalue weighted by Crippen LogP contribution is 2.23. The first kappa shape index (κ1) is 29.7. The minimum Gasteiger partial charge on any atom is -0.457 e. The van der Waals surface area contributed by atoms with Crippen molar-refractivity contribution in [3.63, 3.8) is 0 Å². The van der Waals surface area contributed by atoms with Crippen LogP contribution in [-0.4, -0.2) is 48.4 Å². The lowest BCUT2D eigenvalue weighted by molar-refractivity contribution is 0.0957. The normalized spacial score (nSPS) is 10.2. The second kappa shape index (κ2) is 14.9. The van der Waals surface area contributed by atoms with Crippen molar-refractivity contribution in [3.05, 3.63) is 113 Å². The van der Waals surface area contributed by atoms with E-state index in [1.807, 2.05) is 44.3 Å². The van der Waals surface area contributed by atoms with Crippen LogP contribution in [0.5, 0.6) is 11.5 Å². The number of nitrogens with one attached hydrogen (secondary N) is 3. The zero-order chi connectivity index (χ0) is 29.6. The number of pyridine rings is 2. The van der Waals surface area contributed by atoms with Gasteiger partial charge in [0, 0.05) is 54.9 Å². The number of carbonyl (C=O) groups excluding carboxylic acids is 2. The maximum Gasteiger partial charge on any atom is 0.269 e. The van der Waals surface area contributed by atoms with E-state index in [4.69, 9.17) is 15.9 Å². The van der Waals surface area contributed by atoms with E-state index in [9.17, 15) is 9.59 Å². The molecular weight excluding hydrogens is 518 g/mol. The monoisotopic (exact) mass is 547 g/mol. The molecule has 0 aliphatic rings. The van der Waals surface area contributed by atoms with E-state index in [1.54, 1.807) is 55.8 Å². The quantitative estimate of drug-likeness (QED) is 0.117. The van der Waals surface area contributed by atoms with Gasteiger partial charge in [0.15, 0.2) is 5.84 Å². The van der Waals surface area contributed by atoms with Gasteiger partial charge in [0.2, 0.25) is 0 Å². The fourth-order valence-electron chi connectivity index (χ4n) is 3.29. The van der Waals surface area contributed by atoms with E-state index >= 15 is 0 Å². The van der Waals surface area contributed by atoms with Crippen molar-refractivity contribution in [2.24, 2.45) is 10.7 Å². The van der Waals surface area contributed by atoms with Crippen LogP contribution in [0.15, 0.2) is 84.1 Å². The van der Waals surface area contributed by atoms with Crippen LogP contribution in [0.1, 0.15) is 43.2 Å². The summed E-state index contributed by atoms with van der Waals surface area (Å²) in [5.74, 6) is 7.25. The van der Waals surface area contributed by atoms with E-state index in [0.29, 0.717) is 28.5 Å². The van der Waals surface area contributed by atoms with Gasteiger partial charge >= 0.3 is 0 Å². The van der Waals surface area contributed by atoms with Gasteiger partial charge in [-0.1, -0.05) is 24.0 Å². The number of ether oxygens (including phenoxy) is 1. The number of amidine groups is 1. The first-order valence-corrected chi connectivity index (χ1v) is 12.4. The van der Waals surface area contributed by atoms with Gasteiger partial charge in [0.1, 0.15) is 35.5 Å². The fraction of sp³-hybridized carbons (Fsp3) is 0.0968. The molecule has 1 amide bonds. The van der Waals surface area contributed by atoms with Crippen molar-refractivity contribution in [2.45, 2.75) is 6.92 Å². The summed E-state index contributed by atoms with van der Waals surface area (Å²) in [4.78, 5) is 34.0. The summed E-state index contributed by atoms with van der Waals surface area (Å²) in [5.41, 5.74) is 10.6. The van der Waals surface area contributed by atoms with Crippen LogP contribution < -0.4 is 21.1 Å². The average Bonchev–Trinajstić information content (AvgIpc) is 3.01. The number of amides is 1. The molecule has 0 aliphatic heterocycles. The molecule has 4 aromatic rings. The first-order chi connectivity index (χ1) is 19.9. The molecule has 5 N–H and O–H groups in total. The number of hydrogen-bond donors (Lipinski definition) is 4. The number of aryl methyl sites for hydroxylation is 1. The zero-order valence-electron chi connectivity index (χ0n) is 22.8. The van der Waals surface area contributed by atoms with Crippen molar-refractivity contribution in [1.29, 1.82) is 5.41 Å². The van der Waals surface area contributed by atoms with Gasteiger partial charge in [-0.2, -0.15) is 0 Å². The molecule has 2 heterocycles. The molecule has 0 spiro atoms. The maximum absolute atomic E-state index is 11.5. The molecule has 2 aromatic heterocycles. The third kappa shape index (κ3) is 8.87. The summed E-state index contributed by atoms with van der Waals surface area (Å²) in [6, 6.07) is 19.7. The highest BCUT2D eigenvalue weighted by atomic mass is 16.5. The molecule has 41 heavy (non-hydrogen) atoms. The Hall–Kier alpha value is -5.82. The Labute approximate surface area is 238 Å². The molecular formula is C31H29N7O3. The molecule has 206 valence electrons. The van der Waals surface area contributed by atoms with Gasteiger partial charge in [-0.05, 0) is 61.0 Å². The predicted octanol–water partition coefficient (Wildman–Crippen LogP) is 4.19. The Morgan fingerprint density at radius 3 is 2.39 bits per heavy atom. The minimum atomic E-state index is -0.240. The first-order valence-electron chi connectivity index (χ1n) is 12.4. The number of benzene rings is 2. The number of anilines is 1. The highest BCUT2D eigenvalue weighted by Gasteiger charge is 2.06. The van der Waals surface area contributed by atoms with E-state index in [2.05, 4.69) is 37.4 Å². The fourth-order valence-corrected chi connectivity index (χ4v) is 3.29. The standard InChI is InChI=1S/C17H14N4O.C14H15N3O2/c1-12-2-3-14(10-22)8-15(12)6-4-13-5-7-16(20-9-13)17(19)21-11-18;1-15-10-3-5-11(6-4-10)19-12-7-8-17-13(9-12)14(18)16-2/h2-3,5,7-11H,1H3,(H3,18,19,21);3-9,15H,1-2H3,(H,16,18). The van der Waals surface area contributed by atoms with Crippen LogP contribution >= 0.6 is 0 Å². The van der Waals surface area contributed by atoms with Crippen LogP contribution in [0, 0.1) is 24.2 Å². The maximum atomic E-state index is 11.5. The molecule has 0 bridgehead atoms. The number of carbonyl (C=O) groups is 2. The Morgan fingerprint density at radius 2 is 1.76 bits per heavy atom. The molecule has 10 heteroatoms. The van der Waals surface area contributed by atoms with Gasteiger partial charge in [-0.25, -0.2) is 4.99 Å². The van der Waals surface area contributed by atoms with Crippen LogP contribution in [0.4, 0.5) is 5.69 Å².